The van der Waals surface area contributed by atoms with Crippen molar-refractivity contribution in [2.75, 3.05) is 0 Å². The van der Waals surface area contributed by atoms with Gasteiger partial charge < -0.3 is 0 Å². The van der Waals surface area contributed by atoms with Gasteiger partial charge in [0, 0.05) is 20.2 Å². The SMILES string of the molecule is CC(C)[Si](c1cc2c(ccc3c4cc([Si](C(C)C)(C(C)C)C(C)C)sc4ccc23)s1)(C(C)C)C(C)C. The number of rotatable bonds is 8. The molecular weight excluding hydrogens is 505 g/mol. The van der Waals surface area contributed by atoms with Gasteiger partial charge in [0.2, 0.25) is 0 Å². The molecule has 0 amide bonds. The van der Waals surface area contributed by atoms with E-state index in [9.17, 15) is 0 Å². The average molecular weight is 553 g/mol. The molecule has 0 unspecified atom stereocenters. The molecule has 0 aliphatic carbocycles. The number of hydrogen-bond donors (Lipinski definition) is 0. The van der Waals surface area contributed by atoms with Crippen LogP contribution >= 0.6 is 22.7 Å². The van der Waals surface area contributed by atoms with Crippen LogP contribution in [-0.4, -0.2) is 16.1 Å². The Morgan fingerprint density at radius 2 is 0.694 bits per heavy atom. The molecule has 0 saturated heterocycles. The third kappa shape index (κ3) is 3.92. The molecule has 0 radical (unpaired) electrons. The molecule has 4 heteroatoms. The van der Waals surface area contributed by atoms with Crippen molar-refractivity contribution < 1.29 is 0 Å². The zero-order chi connectivity index (χ0) is 26.7. The van der Waals surface area contributed by atoms with Gasteiger partial charge in [0.25, 0.3) is 0 Å². The van der Waals surface area contributed by atoms with Gasteiger partial charge in [0.05, 0.1) is 0 Å². The Labute approximate surface area is 230 Å². The monoisotopic (exact) mass is 552 g/mol. The summed E-state index contributed by atoms with van der Waals surface area (Å²) in [5.41, 5.74) is 4.44. The Balaban J connectivity index is 1.99. The third-order valence-corrected chi connectivity index (χ3v) is 27.8. The molecule has 2 aromatic carbocycles. The summed E-state index contributed by atoms with van der Waals surface area (Å²) >= 11 is 4.20. The summed E-state index contributed by atoms with van der Waals surface area (Å²) in [5.74, 6) is 0. The van der Waals surface area contributed by atoms with Crippen LogP contribution in [-0.2, 0) is 0 Å². The first kappa shape index (κ1) is 28.1. The minimum absolute atomic E-state index is 0.740. The highest BCUT2D eigenvalue weighted by Crippen LogP contribution is 2.46. The molecule has 0 bridgehead atoms. The molecule has 0 spiro atoms. The van der Waals surface area contributed by atoms with Crippen molar-refractivity contribution in [2.45, 2.75) is 116 Å². The predicted octanol–water partition coefficient (Wildman–Crippen LogP) is 11.0. The van der Waals surface area contributed by atoms with Crippen molar-refractivity contribution in [3.8, 4) is 0 Å². The molecule has 0 nitrogen and oxygen atoms in total. The molecule has 0 saturated carbocycles. The average Bonchev–Trinajstić information content (AvgIpc) is 3.37. The summed E-state index contributed by atoms with van der Waals surface area (Å²) in [6.07, 6.45) is 0. The predicted molar refractivity (Wildman–Crippen MR) is 176 cm³/mol. The molecule has 36 heavy (non-hydrogen) atoms. The van der Waals surface area contributed by atoms with Gasteiger partial charge in [-0.05, 0) is 77.3 Å². The summed E-state index contributed by atoms with van der Waals surface area (Å²) in [6, 6.07) is 15.0. The van der Waals surface area contributed by atoms with Crippen molar-refractivity contribution in [2.24, 2.45) is 0 Å². The van der Waals surface area contributed by atoms with E-state index in [1.807, 2.05) is 0 Å². The van der Waals surface area contributed by atoms with E-state index in [2.05, 4.69) is 142 Å². The lowest BCUT2D eigenvalue weighted by molar-refractivity contribution is 0.837. The molecule has 4 rings (SSSR count). The molecule has 196 valence electrons. The molecular formula is C32H48S2Si2. The molecule has 2 heterocycles. The zero-order valence-corrected chi connectivity index (χ0v) is 28.4. The van der Waals surface area contributed by atoms with Crippen LogP contribution < -0.4 is 9.00 Å². The molecule has 4 aromatic rings. The van der Waals surface area contributed by atoms with E-state index in [4.69, 9.17) is 0 Å². The summed E-state index contributed by atoms with van der Waals surface area (Å²) in [4.78, 5) is 0. The Kier molecular flexibility index (Phi) is 7.78. The zero-order valence-electron chi connectivity index (χ0n) is 24.7. The topological polar surface area (TPSA) is 0 Å². The number of thiophene rings is 2. The van der Waals surface area contributed by atoms with Gasteiger partial charge in [-0.3, -0.25) is 0 Å². The second kappa shape index (κ2) is 9.98. The molecule has 0 aliphatic heterocycles. The lowest BCUT2D eigenvalue weighted by Crippen LogP contribution is -2.54. The fourth-order valence-corrected chi connectivity index (χ4v) is 28.8. The summed E-state index contributed by atoms with van der Waals surface area (Å²) in [6.45, 7) is 29.8. The van der Waals surface area contributed by atoms with Crippen molar-refractivity contribution >= 4 is 78.8 Å². The van der Waals surface area contributed by atoms with Gasteiger partial charge in [-0.1, -0.05) is 95.2 Å². The molecule has 0 N–H and O–H groups in total. The fraction of sp³-hybridized carbons (Fsp3) is 0.562. The van der Waals surface area contributed by atoms with Crippen molar-refractivity contribution in [1.82, 2.24) is 0 Å². The summed E-state index contributed by atoms with van der Waals surface area (Å²) in [5, 5.41) is 5.89. The largest absolute Gasteiger partial charge is 0.145 e. The number of hydrogen-bond acceptors (Lipinski definition) is 2. The standard InChI is InChI=1S/C32H48S2Si2/c1-19(2)35(20(3)4,21(5)6)31-17-27-25-14-16-30-28(26(25)13-15-29(27)33-31)18-32(34-30)36(22(7)8,23(9)10)24(11)12/h13-24H,1-12H3. The first-order valence-corrected chi connectivity index (χ1v) is 20.3. The summed E-state index contributed by atoms with van der Waals surface area (Å²) in [7, 11) is -3.32. The molecule has 2 aromatic heterocycles. The van der Waals surface area contributed by atoms with Crippen molar-refractivity contribution in [3.63, 3.8) is 0 Å². The van der Waals surface area contributed by atoms with Crippen LogP contribution in [0, 0.1) is 0 Å². The normalized spacial score (nSPS) is 13.9. The van der Waals surface area contributed by atoms with Crippen LogP contribution in [0.1, 0.15) is 83.1 Å². The van der Waals surface area contributed by atoms with Crippen LogP contribution in [0.3, 0.4) is 0 Å². The minimum atomic E-state index is -1.66. The van der Waals surface area contributed by atoms with Gasteiger partial charge in [-0.25, -0.2) is 0 Å². The van der Waals surface area contributed by atoms with Gasteiger partial charge in [0.1, 0.15) is 16.1 Å². The van der Waals surface area contributed by atoms with E-state index in [0.29, 0.717) is 0 Å². The second-order valence-corrected chi connectivity index (χ2v) is 27.7. The van der Waals surface area contributed by atoms with E-state index < -0.39 is 16.1 Å². The number of benzene rings is 2. The molecule has 0 aliphatic rings. The second-order valence-electron chi connectivity index (χ2n) is 13.1. The third-order valence-electron chi connectivity index (χ3n) is 9.78. The fourth-order valence-electron chi connectivity index (χ4n) is 8.58. The summed E-state index contributed by atoms with van der Waals surface area (Å²) < 4.78 is 6.37. The Morgan fingerprint density at radius 3 is 0.944 bits per heavy atom. The first-order valence-electron chi connectivity index (χ1n) is 14.2. The number of fused-ring (bicyclic) bond motifs is 5. The van der Waals surface area contributed by atoms with Crippen LogP contribution in [0.15, 0.2) is 36.4 Å². The smallest absolute Gasteiger partial charge is 0.107 e. The lowest BCUT2D eigenvalue weighted by atomic mass is 10.0. The van der Waals surface area contributed by atoms with Crippen molar-refractivity contribution in [3.05, 3.63) is 36.4 Å². The van der Waals surface area contributed by atoms with Gasteiger partial charge >= 0.3 is 0 Å². The van der Waals surface area contributed by atoms with E-state index in [1.54, 1.807) is 9.00 Å². The van der Waals surface area contributed by atoms with Gasteiger partial charge in [0.15, 0.2) is 0 Å². The minimum Gasteiger partial charge on any atom is -0.145 e. The van der Waals surface area contributed by atoms with E-state index in [0.717, 1.165) is 33.2 Å². The lowest BCUT2D eigenvalue weighted by Gasteiger charge is -2.42. The van der Waals surface area contributed by atoms with Crippen molar-refractivity contribution in [1.29, 1.82) is 0 Å². The van der Waals surface area contributed by atoms with Crippen LogP contribution in [0.2, 0.25) is 33.2 Å². The Hall–Kier alpha value is -0.946. The van der Waals surface area contributed by atoms with Crippen LogP contribution in [0.25, 0.3) is 30.9 Å². The highest BCUT2D eigenvalue weighted by atomic mass is 32.1. The highest BCUT2D eigenvalue weighted by Gasteiger charge is 2.46. The molecule has 0 fully saturated rings. The maximum absolute atomic E-state index is 2.63. The molecule has 0 atom stereocenters. The van der Waals surface area contributed by atoms with Gasteiger partial charge in [-0.15, -0.1) is 22.7 Å². The van der Waals surface area contributed by atoms with E-state index in [-0.39, 0.29) is 0 Å². The van der Waals surface area contributed by atoms with E-state index >= 15 is 0 Å². The van der Waals surface area contributed by atoms with Crippen LogP contribution in [0.4, 0.5) is 0 Å². The maximum atomic E-state index is 2.63. The first-order chi connectivity index (χ1) is 16.8. The van der Waals surface area contributed by atoms with Crippen LogP contribution in [0.5, 0.6) is 0 Å². The highest BCUT2D eigenvalue weighted by molar-refractivity contribution is 7.33. The quantitative estimate of drug-likeness (QED) is 0.191. The van der Waals surface area contributed by atoms with E-state index in [1.165, 1.54) is 30.9 Å². The Bertz CT molecular complexity index is 1220. The Morgan fingerprint density at radius 1 is 0.417 bits per heavy atom. The van der Waals surface area contributed by atoms with Gasteiger partial charge in [-0.2, -0.15) is 0 Å². The maximum Gasteiger partial charge on any atom is 0.107 e.